The van der Waals surface area contributed by atoms with Crippen LogP contribution >= 0.6 is 0 Å². The summed E-state index contributed by atoms with van der Waals surface area (Å²) >= 11 is 0. The second-order valence-electron chi connectivity index (χ2n) is 6.20. The number of hydrogen-bond donors (Lipinski definition) is 1. The van der Waals surface area contributed by atoms with Gasteiger partial charge in [-0.15, -0.1) is 0 Å². The molecule has 1 fully saturated rings. The zero-order chi connectivity index (χ0) is 15.0. The highest BCUT2D eigenvalue weighted by molar-refractivity contribution is 5.68. The Morgan fingerprint density at radius 2 is 2.05 bits per heavy atom. The van der Waals surface area contributed by atoms with E-state index < -0.39 is 5.97 Å². The summed E-state index contributed by atoms with van der Waals surface area (Å²) in [5.41, 5.74) is -0.211. The molecule has 1 heterocycles. The fourth-order valence-electron chi connectivity index (χ4n) is 2.45. The summed E-state index contributed by atoms with van der Waals surface area (Å²) < 4.78 is 5.32. The molecule has 0 amide bonds. The number of ether oxygens (including phenoxy) is 1. The first-order chi connectivity index (χ1) is 9.43. The molecule has 0 spiro atoms. The van der Waals surface area contributed by atoms with Crippen LogP contribution in [0.3, 0.4) is 0 Å². The van der Waals surface area contributed by atoms with Crippen LogP contribution in [0.15, 0.2) is 0 Å². The van der Waals surface area contributed by atoms with Crippen LogP contribution < -0.4 is 0 Å². The Balaban J connectivity index is 2.08. The summed E-state index contributed by atoms with van der Waals surface area (Å²) in [6.45, 7) is 6.80. The number of piperidine rings is 1. The zero-order valence-corrected chi connectivity index (χ0v) is 12.6. The number of carboxylic acids is 1. The van der Waals surface area contributed by atoms with Crippen molar-refractivity contribution in [2.75, 3.05) is 26.2 Å². The number of carbonyl (C=O) groups is 1. The van der Waals surface area contributed by atoms with Gasteiger partial charge in [-0.25, -0.2) is 4.79 Å². The molecule has 0 aliphatic carbocycles. The Morgan fingerprint density at radius 3 is 2.60 bits per heavy atom. The molecule has 1 saturated heterocycles. The normalized spacial score (nSPS) is 17.9. The van der Waals surface area contributed by atoms with Crippen molar-refractivity contribution >= 4 is 5.97 Å². The van der Waals surface area contributed by atoms with Gasteiger partial charge in [-0.3, -0.25) is 0 Å². The van der Waals surface area contributed by atoms with Gasteiger partial charge >= 0.3 is 5.97 Å². The second kappa shape index (κ2) is 8.23. The Morgan fingerprint density at radius 1 is 1.40 bits per heavy atom. The summed E-state index contributed by atoms with van der Waals surface area (Å²) in [6, 6.07) is 2.33. The summed E-state index contributed by atoms with van der Waals surface area (Å²) in [5, 5.41) is 17.5. The molecule has 1 rings (SSSR count). The van der Waals surface area contributed by atoms with Gasteiger partial charge in [0.05, 0.1) is 17.6 Å². The predicted molar refractivity (Wildman–Crippen MR) is 76.3 cm³/mol. The number of rotatable bonds is 8. The van der Waals surface area contributed by atoms with Crippen LogP contribution in [0.5, 0.6) is 0 Å². The van der Waals surface area contributed by atoms with Crippen LogP contribution in [0.25, 0.3) is 0 Å². The van der Waals surface area contributed by atoms with E-state index in [9.17, 15) is 4.79 Å². The lowest BCUT2D eigenvalue weighted by Gasteiger charge is -2.31. The molecule has 0 unspecified atom stereocenters. The molecule has 1 N–H and O–H groups in total. The van der Waals surface area contributed by atoms with E-state index >= 15 is 0 Å². The lowest BCUT2D eigenvalue weighted by atomic mass is 9.89. The summed E-state index contributed by atoms with van der Waals surface area (Å²) in [6.07, 6.45) is 5.07. The number of carboxylic acid groups (broad SMARTS) is 1. The zero-order valence-electron chi connectivity index (χ0n) is 12.6. The van der Waals surface area contributed by atoms with Crippen molar-refractivity contribution in [1.29, 1.82) is 5.26 Å². The molecule has 0 aromatic carbocycles. The van der Waals surface area contributed by atoms with Crippen LogP contribution in [0.4, 0.5) is 0 Å². The highest BCUT2D eigenvalue weighted by Gasteiger charge is 2.20. The number of unbranched alkanes of at least 4 members (excludes halogenated alkanes) is 1. The van der Waals surface area contributed by atoms with Crippen molar-refractivity contribution in [2.24, 2.45) is 5.41 Å². The number of aliphatic carboxylic acids is 1. The Kier molecular flexibility index (Phi) is 6.97. The fraction of sp³-hybridized carbons (Fsp3) is 0.867. The molecule has 0 aromatic rings. The first-order valence-electron chi connectivity index (χ1n) is 7.40. The maximum atomic E-state index is 10.4. The maximum Gasteiger partial charge on any atom is 0.329 e. The van der Waals surface area contributed by atoms with Crippen LogP contribution in [-0.4, -0.2) is 48.3 Å². The Bertz CT molecular complexity index is 342. The van der Waals surface area contributed by atoms with Gasteiger partial charge in [0.2, 0.25) is 0 Å². The van der Waals surface area contributed by atoms with Gasteiger partial charge in [0.15, 0.2) is 0 Å². The van der Waals surface area contributed by atoms with Gasteiger partial charge in [-0.1, -0.05) is 6.42 Å². The maximum absolute atomic E-state index is 10.4. The third-order valence-electron chi connectivity index (χ3n) is 3.81. The Hall–Kier alpha value is -1.12. The summed E-state index contributed by atoms with van der Waals surface area (Å²) in [4.78, 5) is 12.8. The van der Waals surface area contributed by atoms with E-state index in [1.54, 1.807) is 0 Å². The summed E-state index contributed by atoms with van der Waals surface area (Å²) in [5.74, 6) is -0.896. The third kappa shape index (κ3) is 6.88. The smallest absolute Gasteiger partial charge is 0.329 e. The minimum atomic E-state index is -0.896. The molecule has 5 nitrogen and oxygen atoms in total. The third-order valence-corrected chi connectivity index (χ3v) is 3.81. The van der Waals surface area contributed by atoms with Gasteiger partial charge in [0.1, 0.15) is 6.61 Å². The first-order valence-corrected chi connectivity index (χ1v) is 7.40. The molecule has 20 heavy (non-hydrogen) atoms. The molecule has 0 radical (unpaired) electrons. The molecule has 0 aromatic heterocycles. The van der Waals surface area contributed by atoms with Gasteiger partial charge in [-0.2, -0.15) is 5.26 Å². The van der Waals surface area contributed by atoms with E-state index in [4.69, 9.17) is 15.1 Å². The van der Waals surface area contributed by atoms with E-state index in [1.807, 2.05) is 13.8 Å². The number of hydrogen-bond acceptors (Lipinski definition) is 4. The van der Waals surface area contributed by atoms with Crippen LogP contribution in [0, 0.1) is 16.7 Å². The van der Waals surface area contributed by atoms with Gasteiger partial charge in [0.25, 0.3) is 0 Å². The molecular weight excluding hydrogens is 256 g/mol. The van der Waals surface area contributed by atoms with Crippen molar-refractivity contribution in [2.45, 2.75) is 52.1 Å². The molecule has 5 heteroatoms. The largest absolute Gasteiger partial charge is 0.480 e. The van der Waals surface area contributed by atoms with Crippen LogP contribution in [-0.2, 0) is 9.53 Å². The minimum Gasteiger partial charge on any atom is -0.480 e. The lowest BCUT2D eigenvalue weighted by Crippen LogP contribution is -2.38. The number of nitriles is 1. The quantitative estimate of drug-likeness (QED) is 0.691. The van der Waals surface area contributed by atoms with Crippen molar-refractivity contribution in [3.05, 3.63) is 0 Å². The highest BCUT2D eigenvalue weighted by Crippen LogP contribution is 2.22. The highest BCUT2D eigenvalue weighted by atomic mass is 16.5. The van der Waals surface area contributed by atoms with E-state index in [-0.39, 0.29) is 18.1 Å². The molecule has 0 atom stereocenters. The summed E-state index contributed by atoms with van der Waals surface area (Å²) in [7, 11) is 0. The molecule has 0 saturated carbocycles. The minimum absolute atomic E-state index is 0.0971. The van der Waals surface area contributed by atoms with Crippen molar-refractivity contribution in [3.8, 4) is 6.07 Å². The molecule has 1 aliphatic rings. The topological polar surface area (TPSA) is 73.6 Å². The molecule has 114 valence electrons. The molecule has 0 bridgehead atoms. The Labute approximate surface area is 121 Å². The van der Waals surface area contributed by atoms with Crippen molar-refractivity contribution < 1.29 is 14.6 Å². The average Bonchev–Trinajstić information content (AvgIpc) is 2.42. The van der Waals surface area contributed by atoms with Gasteiger partial charge in [-0.05, 0) is 46.1 Å². The van der Waals surface area contributed by atoms with E-state index in [0.29, 0.717) is 0 Å². The predicted octanol–water partition coefficient (Wildman–Crippen LogP) is 2.27. The van der Waals surface area contributed by atoms with Crippen LogP contribution in [0.1, 0.15) is 46.0 Å². The monoisotopic (exact) mass is 282 g/mol. The van der Waals surface area contributed by atoms with Crippen molar-refractivity contribution in [1.82, 2.24) is 4.90 Å². The van der Waals surface area contributed by atoms with Gasteiger partial charge in [0, 0.05) is 13.1 Å². The van der Waals surface area contributed by atoms with Crippen molar-refractivity contribution in [3.63, 3.8) is 0 Å². The SMILES string of the molecule is CC(C)(C#N)CCCCN1CCC(OCC(=O)O)CC1. The van der Waals surface area contributed by atoms with Gasteiger partial charge < -0.3 is 14.7 Å². The molecule has 1 aliphatic heterocycles. The number of nitrogens with zero attached hydrogens (tertiary/aromatic N) is 2. The lowest BCUT2D eigenvalue weighted by molar-refractivity contribution is -0.145. The standard InChI is InChI=1S/C15H26N2O3/c1-15(2,12-16)7-3-4-8-17-9-5-13(6-10-17)20-11-14(18)19/h13H,3-11H2,1-2H3,(H,18,19). The van der Waals surface area contributed by atoms with E-state index in [2.05, 4.69) is 11.0 Å². The van der Waals surface area contributed by atoms with E-state index in [1.165, 1.54) is 0 Å². The number of likely N-dealkylation sites (tertiary alicyclic amines) is 1. The molecular formula is C15H26N2O3. The van der Waals surface area contributed by atoms with E-state index in [0.717, 1.165) is 51.7 Å². The second-order valence-corrected chi connectivity index (χ2v) is 6.20. The first kappa shape index (κ1) is 16.9. The fourth-order valence-corrected chi connectivity index (χ4v) is 2.45. The average molecular weight is 282 g/mol. The van der Waals surface area contributed by atoms with Crippen LogP contribution in [0.2, 0.25) is 0 Å².